The van der Waals surface area contributed by atoms with Gasteiger partial charge in [-0.2, -0.15) is 8.75 Å². The van der Waals surface area contributed by atoms with Crippen molar-refractivity contribution >= 4 is 58.0 Å². The molecule has 0 aliphatic heterocycles. The van der Waals surface area contributed by atoms with Gasteiger partial charge >= 0.3 is 0 Å². The van der Waals surface area contributed by atoms with Crippen LogP contribution in [0.25, 0.3) is 31.9 Å². The minimum Gasteiger partial charge on any atom is -0.488 e. The van der Waals surface area contributed by atoms with Crippen LogP contribution in [0.3, 0.4) is 0 Å². The van der Waals surface area contributed by atoms with E-state index in [9.17, 15) is 9.59 Å². The van der Waals surface area contributed by atoms with Crippen molar-refractivity contribution in [2.75, 3.05) is 26.4 Å². The highest BCUT2D eigenvalue weighted by Crippen LogP contribution is 2.53. The molecule has 0 N–H and O–H groups in total. The van der Waals surface area contributed by atoms with Crippen LogP contribution in [0, 0.1) is 0 Å². The summed E-state index contributed by atoms with van der Waals surface area (Å²) in [6, 6.07) is 4.09. The second kappa shape index (κ2) is 29.3. The second-order valence-corrected chi connectivity index (χ2v) is 18.4. The number of hydrogen-bond donors (Lipinski definition) is 0. The molecular weight excluding hydrogens is 797 g/mol. The van der Waals surface area contributed by atoms with E-state index < -0.39 is 0 Å². The van der Waals surface area contributed by atoms with Crippen LogP contribution in [-0.4, -0.2) is 47.7 Å². The Morgan fingerprint density at radius 3 is 1.02 bits per heavy atom. The van der Waals surface area contributed by atoms with Gasteiger partial charge in [-0.15, -0.1) is 22.7 Å². The van der Waals surface area contributed by atoms with Crippen LogP contribution in [0.15, 0.2) is 12.1 Å². The zero-order valence-electron chi connectivity index (χ0n) is 36.7. The van der Waals surface area contributed by atoms with Gasteiger partial charge in [-0.1, -0.05) is 168 Å². The first-order valence-corrected chi connectivity index (χ1v) is 25.5. The quantitative estimate of drug-likeness (QED) is 0.0329. The van der Waals surface area contributed by atoms with Crippen LogP contribution < -0.4 is 18.9 Å². The molecule has 0 aliphatic rings. The van der Waals surface area contributed by atoms with Crippen LogP contribution in [0.1, 0.15) is 201 Å². The topological polar surface area (TPSA) is 96.8 Å². The Morgan fingerprint density at radius 1 is 0.424 bits per heavy atom. The lowest BCUT2D eigenvalue weighted by Crippen LogP contribution is -2.03. The summed E-state index contributed by atoms with van der Waals surface area (Å²) in [5, 5.41) is 0. The molecule has 0 fully saturated rings. The van der Waals surface area contributed by atoms with Crippen molar-refractivity contribution < 1.29 is 28.5 Å². The Labute approximate surface area is 367 Å². The predicted molar refractivity (Wildman–Crippen MR) is 250 cm³/mol. The Morgan fingerprint density at radius 2 is 0.712 bits per heavy atom. The number of aldehydes is 2. The smallest absolute Gasteiger partial charge is 0.183 e. The minimum absolute atomic E-state index is 0.524. The molecule has 4 aromatic rings. The molecule has 4 rings (SSSR count). The molecule has 0 atom stereocenters. The number of hydrogen-bond acceptors (Lipinski definition) is 11. The fraction of sp³-hybridized carbons (Fsp3) is 0.667. The molecule has 0 unspecified atom stereocenters. The van der Waals surface area contributed by atoms with Crippen molar-refractivity contribution in [3.8, 4) is 43.9 Å². The van der Waals surface area contributed by atoms with E-state index in [1.54, 1.807) is 0 Å². The zero-order chi connectivity index (χ0) is 41.9. The maximum atomic E-state index is 12.6. The number of thiophene rings is 2. The normalized spacial score (nSPS) is 11.4. The van der Waals surface area contributed by atoms with Gasteiger partial charge in [0.15, 0.2) is 35.6 Å². The van der Waals surface area contributed by atoms with Gasteiger partial charge in [0.1, 0.15) is 20.8 Å². The molecule has 0 saturated carbocycles. The average Bonchev–Trinajstić information content (AvgIpc) is 3.98. The van der Waals surface area contributed by atoms with Crippen LogP contribution in [0.2, 0.25) is 0 Å². The lowest BCUT2D eigenvalue weighted by Gasteiger charge is -2.14. The first kappa shape index (κ1) is 48.6. The number of nitrogens with zero attached hydrogens (tertiary/aromatic N) is 2. The average molecular weight is 869 g/mol. The highest BCUT2D eigenvalue weighted by molar-refractivity contribution is 7.18. The summed E-state index contributed by atoms with van der Waals surface area (Å²) in [6.45, 7) is 11.1. The van der Waals surface area contributed by atoms with Crippen molar-refractivity contribution in [1.82, 2.24) is 8.75 Å². The van der Waals surface area contributed by atoms with E-state index in [-0.39, 0.29) is 0 Å². The van der Waals surface area contributed by atoms with Gasteiger partial charge in [-0.3, -0.25) is 9.59 Å². The van der Waals surface area contributed by atoms with E-state index in [0.717, 1.165) is 108 Å². The van der Waals surface area contributed by atoms with Crippen LogP contribution in [0.4, 0.5) is 0 Å². The Bertz CT molecular complexity index is 1640. The Kier molecular flexibility index (Phi) is 24.1. The molecule has 328 valence electrons. The third-order valence-electron chi connectivity index (χ3n) is 10.8. The monoisotopic (exact) mass is 868 g/mol. The lowest BCUT2D eigenvalue weighted by molar-refractivity contribution is 0.111. The second-order valence-electron chi connectivity index (χ2n) is 15.7. The fourth-order valence-electron chi connectivity index (χ4n) is 7.34. The van der Waals surface area contributed by atoms with Crippen molar-refractivity contribution in [3.63, 3.8) is 0 Å². The summed E-state index contributed by atoms with van der Waals surface area (Å²) in [4.78, 5) is 27.9. The molecule has 1 aromatic carbocycles. The highest BCUT2D eigenvalue weighted by Gasteiger charge is 2.28. The number of aromatic nitrogens is 2. The summed E-state index contributed by atoms with van der Waals surface area (Å²) >= 11 is 3.93. The van der Waals surface area contributed by atoms with E-state index in [0.29, 0.717) is 59.2 Å². The number of carbonyl (C=O) groups is 2. The zero-order valence-corrected chi connectivity index (χ0v) is 39.1. The van der Waals surface area contributed by atoms with Crippen molar-refractivity contribution in [1.29, 1.82) is 0 Å². The summed E-state index contributed by atoms with van der Waals surface area (Å²) in [7, 11) is 0. The van der Waals surface area contributed by atoms with Gasteiger partial charge < -0.3 is 18.9 Å². The third-order valence-corrected chi connectivity index (χ3v) is 13.5. The summed E-state index contributed by atoms with van der Waals surface area (Å²) in [5.41, 5.74) is 3.13. The third kappa shape index (κ3) is 15.4. The van der Waals surface area contributed by atoms with Gasteiger partial charge in [0.05, 0.1) is 47.9 Å². The van der Waals surface area contributed by atoms with Crippen LogP contribution >= 0.6 is 34.4 Å². The number of unbranched alkanes of at least 4 members (excludes halogenated alkanes) is 20. The molecule has 0 saturated heterocycles. The molecular formula is C48H72N2O6S3. The molecule has 8 nitrogen and oxygen atoms in total. The number of carbonyl (C=O) groups excluding carboxylic acids is 2. The van der Waals surface area contributed by atoms with Gasteiger partial charge in [0.2, 0.25) is 0 Å². The summed E-state index contributed by atoms with van der Waals surface area (Å²) in [6.07, 6.45) is 29.5. The maximum absolute atomic E-state index is 12.6. The molecule has 0 aliphatic carbocycles. The molecule has 0 radical (unpaired) electrons. The summed E-state index contributed by atoms with van der Waals surface area (Å²) in [5.74, 6) is 2.30. The molecule has 0 spiro atoms. The highest BCUT2D eigenvalue weighted by atomic mass is 32.1. The number of benzene rings is 1. The maximum Gasteiger partial charge on any atom is 0.183 e. The minimum atomic E-state index is 0.524. The van der Waals surface area contributed by atoms with Crippen molar-refractivity contribution in [3.05, 3.63) is 21.9 Å². The van der Waals surface area contributed by atoms with Crippen LogP contribution in [-0.2, 0) is 0 Å². The van der Waals surface area contributed by atoms with Gasteiger partial charge in [0.25, 0.3) is 0 Å². The van der Waals surface area contributed by atoms with E-state index in [4.69, 9.17) is 27.7 Å². The number of rotatable bonds is 36. The summed E-state index contributed by atoms with van der Waals surface area (Å²) < 4.78 is 35.6. The molecule has 0 amide bonds. The van der Waals surface area contributed by atoms with E-state index in [1.807, 2.05) is 12.1 Å². The Hall–Kier alpha value is -3.02. The van der Waals surface area contributed by atoms with Crippen molar-refractivity contribution in [2.45, 2.75) is 182 Å². The fourth-order valence-corrected chi connectivity index (χ4v) is 9.98. The Balaban J connectivity index is 1.66. The molecule has 3 aromatic heterocycles. The van der Waals surface area contributed by atoms with E-state index in [1.165, 1.54) is 125 Å². The van der Waals surface area contributed by atoms with E-state index >= 15 is 0 Å². The van der Waals surface area contributed by atoms with Gasteiger partial charge in [-0.05, 0) is 25.7 Å². The van der Waals surface area contributed by atoms with Gasteiger partial charge in [0, 0.05) is 11.1 Å². The molecule has 3 heterocycles. The van der Waals surface area contributed by atoms with Gasteiger partial charge in [-0.25, -0.2) is 0 Å². The lowest BCUT2D eigenvalue weighted by atomic mass is 10.0. The molecule has 0 bridgehead atoms. The largest absolute Gasteiger partial charge is 0.488 e. The molecule has 59 heavy (non-hydrogen) atoms. The van der Waals surface area contributed by atoms with Crippen LogP contribution in [0.5, 0.6) is 23.0 Å². The number of ether oxygens (including phenoxy) is 4. The van der Waals surface area contributed by atoms with E-state index in [2.05, 4.69) is 27.7 Å². The first-order valence-electron chi connectivity index (χ1n) is 23.1. The molecule has 11 heteroatoms. The predicted octanol–water partition coefficient (Wildman–Crippen LogP) is 15.7. The SMILES string of the molecule is CCCCCCCCOc1c(C=O)sc(-c2ccc(-c3sc(C=O)c(OCCCCCCCC)c3OCCCCCCCC)c3nsnc23)c1OCCCCCCCC. The first-order chi connectivity index (χ1) is 29.1. The standard InChI is InChI=1S/C48H72N2O6S3/c1-5-9-13-17-21-25-31-53-43-39(35-51)57-47(45(43)55-33-27-23-19-15-11-7-3)37-29-30-38(42-41(37)49-59-50-42)48-46(56-34-28-24-20-16-12-8-4)44(40(36-52)58-48)54-32-26-22-18-14-10-6-2/h29-30,35-36H,5-28,31-34H2,1-4H3. The number of fused-ring (bicyclic) bond motifs is 1. The van der Waals surface area contributed by atoms with Crippen molar-refractivity contribution in [2.24, 2.45) is 0 Å².